The van der Waals surface area contributed by atoms with Crippen LogP contribution in [0.2, 0.25) is 0 Å². The minimum Gasteiger partial charge on any atom is -0.383 e. The molecule has 0 saturated carbocycles. The highest BCUT2D eigenvalue weighted by Gasteiger charge is 2.28. The van der Waals surface area contributed by atoms with E-state index in [2.05, 4.69) is 10.1 Å². The van der Waals surface area contributed by atoms with Gasteiger partial charge < -0.3 is 15.4 Å². The Kier molecular flexibility index (Phi) is 5.09. The van der Waals surface area contributed by atoms with E-state index < -0.39 is 0 Å². The summed E-state index contributed by atoms with van der Waals surface area (Å²) in [6.07, 6.45) is 2.28. The maximum atomic E-state index is 13.5. The summed E-state index contributed by atoms with van der Waals surface area (Å²) in [5.74, 6) is 0.282. The Balaban J connectivity index is 1.52. The van der Waals surface area contributed by atoms with E-state index in [-0.39, 0.29) is 11.9 Å². The summed E-state index contributed by atoms with van der Waals surface area (Å²) in [5.41, 5.74) is 11.5. The van der Waals surface area contributed by atoms with Gasteiger partial charge in [-0.1, -0.05) is 12.1 Å². The number of allylic oxidation sites excluding steroid dienone is 1. The molecule has 0 saturated heterocycles. The fourth-order valence-electron chi connectivity index (χ4n) is 4.49. The number of nitrogens with zero attached hydrogens (tertiary/aromatic N) is 4. The molecular formula is C25H24FN5O2. The number of anilines is 1. The van der Waals surface area contributed by atoms with Gasteiger partial charge in [0.05, 0.1) is 48.2 Å². The largest absolute Gasteiger partial charge is 0.383 e. The lowest BCUT2D eigenvalue weighted by Crippen LogP contribution is -2.36. The van der Waals surface area contributed by atoms with Gasteiger partial charge in [-0.3, -0.25) is 9.48 Å². The smallest absolute Gasteiger partial charge is 0.254 e. The number of aromatic nitrogens is 3. The van der Waals surface area contributed by atoms with Crippen LogP contribution in [-0.4, -0.2) is 39.2 Å². The number of nitrogen functional groups attached to an aromatic ring is 1. The Hall–Kier alpha value is -3.78. The first kappa shape index (κ1) is 21.1. The monoisotopic (exact) mass is 445 g/mol. The molecule has 1 unspecified atom stereocenters. The van der Waals surface area contributed by atoms with Crippen LogP contribution in [-0.2, 0) is 18.4 Å². The number of aryl methyl sites for hydroxylation is 1. The van der Waals surface area contributed by atoms with E-state index in [0.29, 0.717) is 42.0 Å². The number of likely N-dealkylation sites (N-methyl/N-ethyl adjacent to an activating group) is 1. The zero-order valence-corrected chi connectivity index (χ0v) is 18.7. The second kappa shape index (κ2) is 7.97. The van der Waals surface area contributed by atoms with Crippen molar-refractivity contribution in [3.8, 4) is 0 Å². The molecule has 0 fully saturated rings. The lowest BCUT2D eigenvalue weighted by Gasteiger charge is -2.33. The minimum atomic E-state index is -0.248. The summed E-state index contributed by atoms with van der Waals surface area (Å²) in [6, 6.07) is 10.9. The molecule has 2 aromatic carbocycles. The summed E-state index contributed by atoms with van der Waals surface area (Å²) in [4.78, 5) is 19.6. The number of ether oxygens (including phenoxy) is 1. The Labute approximate surface area is 190 Å². The molecule has 0 radical (unpaired) electrons. The van der Waals surface area contributed by atoms with Crippen molar-refractivity contribution in [2.45, 2.75) is 19.6 Å². The number of pyridine rings is 1. The van der Waals surface area contributed by atoms with Gasteiger partial charge in [-0.05, 0) is 53.5 Å². The van der Waals surface area contributed by atoms with Crippen molar-refractivity contribution < 1.29 is 13.9 Å². The third kappa shape index (κ3) is 3.43. The first-order valence-electron chi connectivity index (χ1n) is 10.6. The molecule has 1 aliphatic heterocycles. The van der Waals surface area contributed by atoms with Gasteiger partial charge in [0.1, 0.15) is 5.82 Å². The van der Waals surface area contributed by atoms with Gasteiger partial charge in [-0.25, -0.2) is 9.37 Å². The highest BCUT2D eigenvalue weighted by molar-refractivity contribution is 6.10. The fraction of sp³-hybridized carbons (Fsp3) is 0.240. The normalized spacial score (nSPS) is 16.2. The van der Waals surface area contributed by atoms with E-state index >= 15 is 0 Å². The van der Waals surface area contributed by atoms with Crippen LogP contribution in [0.1, 0.15) is 40.0 Å². The van der Waals surface area contributed by atoms with Crippen LogP contribution in [0.15, 0.2) is 48.9 Å². The van der Waals surface area contributed by atoms with Gasteiger partial charge >= 0.3 is 0 Å². The molecule has 2 aromatic heterocycles. The Morgan fingerprint density at radius 3 is 2.82 bits per heavy atom. The highest BCUT2D eigenvalue weighted by Crippen LogP contribution is 2.33. The van der Waals surface area contributed by atoms with E-state index in [1.54, 1.807) is 35.8 Å². The number of nitrogens with two attached hydrogens (primary N) is 1. The molecule has 4 aromatic rings. The van der Waals surface area contributed by atoms with Crippen molar-refractivity contribution in [1.82, 2.24) is 19.7 Å². The van der Waals surface area contributed by atoms with Gasteiger partial charge in [-0.15, -0.1) is 0 Å². The van der Waals surface area contributed by atoms with Crippen molar-refractivity contribution >= 4 is 39.1 Å². The van der Waals surface area contributed by atoms with Crippen LogP contribution in [0.5, 0.6) is 0 Å². The number of benzene rings is 2. The SMILES string of the molecule is C/C(=C\F)c1ccc2c(c1)COCC2N(C)C(=O)c1ccc2nc(N)c3cnn(C)c3c2c1. The maximum Gasteiger partial charge on any atom is 0.254 e. The molecule has 168 valence electrons. The summed E-state index contributed by atoms with van der Waals surface area (Å²) in [5, 5.41) is 5.87. The third-order valence-electron chi connectivity index (χ3n) is 6.40. The minimum absolute atomic E-state index is 0.130. The van der Waals surface area contributed by atoms with Crippen molar-refractivity contribution in [3.05, 3.63) is 71.2 Å². The number of carbonyl (C=O) groups is 1. The number of hydrogen-bond acceptors (Lipinski definition) is 5. The lowest BCUT2D eigenvalue weighted by atomic mass is 9.94. The van der Waals surface area contributed by atoms with Gasteiger partial charge in [-0.2, -0.15) is 5.10 Å². The topological polar surface area (TPSA) is 86.3 Å². The predicted molar refractivity (Wildman–Crippen MR) is 126 cm³/mol. The van der Waals surface area contributed by atoms with E-state index in [0.717, 1.165) is 33.0 Å². The molecule has 0 bridgehead atoms. The lowest BCUT2D eigenvalue weighted by molar-refractivity contribution is 0.0346. The van der Waals surface area contributed by atoms with E-state index in [9.17, 15) is 9.18 Å². The van der Waals surface area contributed by atoms with Crippen LogP contribution >= 0.6 is 0 Å². The number of amides is 1. The quantitative estimate of drug-likeness (QED) is 0.506. The zero-order chi connectivity index (χ0) is 23.3. The number of carbonyl (C=O) groups excluding carboxylic acids is 1. The standard InChI is InChI=1S/C25H24FN5O2/c1-14(10-26)15-4-6-18-17(8-15)12-33-13-22(18)30(2)25(32)16-5-7-21-19(9-16)23-20(24(27)29-21)11-28-31(23)3/h4-11,22H,12-13H2,1-3H3,(H2,27,29)/b14-10+. The molecule has 8 heteroatoms. The summed E-state index contributed by atoms with van der Waals surface area (Å²) < 4.78 is 20.5. The zero-order valence-electron chi connectivity index (χ0n) is 18.7. The second-order valence-corrected chi connectivity index (χ2v) is 8.41. The van der Waals surface area contributed by atoms with Crippen molar-refractivity contribution in [3.63, 3.8) is 0 Å². The second-order valence-electron chi connectivity index (χ2n) is 8.41. The first-order chi connectivity index (χ1) is 15.9. The Morgan fingerprint density at radius 2 is 2.03 bits per heavy atom. The number of hydrogen-bond donors (Lipinski definition) is 1. The molecule has 1 atom stereocenters. The van der Waals surface area contributed by atoms with Gasteiger partial charge in [0, 0.05) is 25.0 Å². The number of halogens is 1. The van der Waals surface area contributed by atoms with E-state index in [1.165, 1.54) is 0 Å². The van der Waals surface area contributed by atoms with Crippen LogP contribution in [0.4, 0.5) is 10.2 Å². The molecular weight excluding hydrogens is 421 g/mol. The maximum absolute atomic E-state index is 13.5. The molecule has 2 N–H and O–H groups in total. The molecule has 0 spiro atoms. The molecule has 5 rings (SSSR count). The van der Waals surface area contributed by atoms with Crippen molar-refractivity contribution in [2.75, 3.05) is 19.4 Å². The van der Waals surface area contributed by atoms with Crippen molar-refractivity contribution in [2.24, 2.45) is 7.05 Å². The molecule has 33 heavy (non-hydrogen) atoms. The van der Waals surface area contributed by atoms with Crippen LogP contribution in [0.3, 0.4) is 0 Å². The molecule has 3 heterocycles. The average molecular weight is 445 g/mol. The van der Waals surface area contributed by atoms with Crippen molar-refractivity contribution in [1.29, 1.82) is 0 Å². The molecule has 1 aliphatic rings. The van der Waals surface area contributed by atoms with E-state index in [1.807, 2.05) is 37.4 Å². The van der Waals surface area contributed by atoms with Gasteiger partial charge in [0.2, 0.25) is 0 Å². The molecule has 0 aliphatic carbocycles. The van der Waals surface area contributed by atoms with Crippen LogP contribution in [0, 0.1) is 0 Å². The first-order valence-corrected chi connectivity index (χ1v) is 10.6. The summed E-state index contributed by atoms with van der Waals surface area (Å²) in [7, 11) is 3.61. The van der Waals surface area contributed by atoms with Gasteiger partial charge in [0.25, 0.3) is 5.91 Å². The Bertz CT molecular complexity index is 1440. The van der Waals surface area contributed by atoms with Crippen LogP contribution < -0.4 is 5.73 Å². The van der Waals surface area contributed by atoms with Crippen LogP contribution in [0.25, 0.3) is 27.4 Å². The highest BCUT2D eigenvalue weighted by atomic mass is 19.1. The third-order valence-corrected chi connectivity index (χ3v) is 6.40. The van der Waals surface area contributed by atoms with Gasteiger partial charge in [0.15, 0.2) is 0 Å². The molecule has 7 nitrogen and oxygen atoms in total. The predicted octanol–water partition coefficient (Wildman–Crippen LogP) is 4.38. The average Bonchev–Trinajstić information content (AvgIpc) is 3.24. The van der Waals surface area contributed by atoms with E-state index in [4.69, 9.17) is 10.5 Å². The summed E-state index contributed by atoms with van der Waals surface area (Å²) >= 11 is 0. The molecule has 1 amide bonds. The number of rotatable bonds is 3. The number of fused-ring (bicyclic) bond motifs is 4. The fourth-order valence-corrected chi connectivity index (χ4v) is 4.49. The summed E-state index contributed by atoms with van der Waals surface area (Å²) in [6.45, 7) is 2.55. The Morgan fingerprint density at radius 1 is 1.24 bits per heavy atom.